The van der Waals surface area contributed by atoms with Gasteiger partial charge in [-0.05, 0) is 31.5 Å². The number of aryl methyl sites for hydroxylation is 1. The number of furan rings is 1. The van der Waals surface area contributed by atoms with Crippen molar-refractivity contribution in [3.8, 4) is 0 Å². The summed E-state index contributed by atoms with van der Waals surface area (Å²) < 4.78 is 18.6. The van der Waals surface area contributed by atoms with Crippen LogP contribution >= 0.6 is 0 Å². The number of rotatable bonds is 2. The van der Waals surface area contributed by atoms with E-state index < -0.39 is 0 Å². The van der Waals surface area contributed by atoms with Crippen LogP contribution in [0.3, 0.4) is 0 Å². The maximum Gasteiger partial charge on any atom is 0.155 e. The largest absolute Gasteiger partial charge is 0.454 e. The van der Waals surface area contributed by atoms with Crippen molar-refractivity contribution in [2.24, 2.45) is 5.16 Å². The van der Waals surface area contributed by atoms with Gasteiger partial charge in [0.15, 0.2) is 5.76 Å². The molecule has 0 amide bonds. The Kier molecular flexibility index (Phi) is 2.64. The highest BCUT2D eigenvalue weighted by Gasteiger charge is 2.15. The van der Waals surface area contributed by atoms with Gasteiger partial charge >= 0.3 is 0 Å². The first-order valence-corrected chi connectivity index (χ1v) is 5.07. The predicted molar refractivity (Wildman–Crippen MR) is 59.5 cm³/mol. The molecule has 16 heavy (non-hydrogen) atoms. The third-order valence-electron chi connectivity index (χ3n) is 2.62. The molecule has 0 aliphatic heterocycles. The maximum absolute atomic E-state index is 13.1. The molecule has 0 unspecified atom stereocenters. The molecule has 0 radical (unpaired) electrons. The molecule has 0 fully saturated rings. The second-order valence-corrected chi connectivity index (χ2v) is 3.60. The zero-order valence-corrected chi connectivity index (χ0v) is 9.12. The Balaban J connectivity index is 2.69. The zero-order valence-electron chi connectivity index (χ0n) is 9.12. The number of halogens is 1. The molecule has 2 aromatic rings. The van der Waals surface area contributed by atoms with E-state index in [1.54, 1.807) is 6.07 Å². The zero-order chi connectivity index (χ0) is 11.7. The van der Waals surface area contributed by atoms with Crippen LogP contribution in [0.15, 0.2) is 27.8 Å². The lowest BCUT2D eigenvalue weighted by Gasteiger charge is -1.96. The summed E-state index contributed by atoms with van der Waals surface area (Å²) in [6, 6.07) is 4.34. The lowest BCUT2D eigenvalue weighted by molar-refractivity contribution is 0.317. The molecular formula is C12H12FNO2. The van der Waals surface area contributed by atoms with Crippen LogP contribution in [0.4, 0.5) is 4.39 Å². The Morgan fingerprint density at radius 3 is 2.88 bits per heavy atom. The minimum Gasteiger partial charge on any atom is -0.454 e. The smallest absolute Gasteiger partial charge is 0.155 e. The third kappa shape index (κ3) is 1.56. The molecule has 3 nitrogen and oxygen atoms in total. The van der Waals surface area contributed by atoms with E-state index in [0.29, 0.717) is 28.9 Å². The number of benzene rings is 1. The Morgan fingerprint density at radius 1 is 1.50 bits per heavy atom. The molecule has 0 spiro atoms. The molecule has 0 saturated carbocycles. The maximum atomic E-state index is 13.1. The normalized spacial score (nSPS) is 12.3. The van der Waals surface area contributed by atoms with Crippen LogP contribution in [-0.4, -0.2) is 10.9 Å². The van der Waals surface area contributed by atoms with Crippen LogP contribution in [0.5, 0.6) is 0 Å². The molecule has 4 heteroatoms. The van der Waals surface area contributed by atoms with Crippen LogP contribution < -0.4 is 0 Å². The average molecular weight is 221 g/mol. The first-order valence-electron chi connectivity index (χ1n) is 5.07. The number of nitrogens with zero attached hydrogens (tertiary/aromatic N) is 1. The van der Waals surface area contributed by atoms with E-state index in [0.717, 1.165) is 5.56 Å². The van der Waals surface area contributed by atoms with Crippen LogP contribution in [0.25, 0.3) is 11.0 Å². The van der Waals surface area contributed by atoms with Gasteiger partial charge in [-0.25, -0.2) is 4.39 Å². The summed E-state index contributed by atoms with van der Waals surface area (Å²) in [5.74, 6) is 0.215. The standard InChI is InChI=1S/C12H12FNO2/c1-3-10(14-15)12-7(2)9-6-8(13)4-5-11(9)16-12/h4-6,15H,3H2,1-2H3. The molecule has 2 rings (SSSR count). The minimum atomic E-state index is -0.304. The van der Waals surface area contributed by atoms with Crippen molar-refractivity contribution in [1.29, 1.82) is 0 Å². The number of hydrogen-bond donors (Lipinski definition) is 1. The van der Waals surface area contributed by atoms with Crippen molar-refractivity contribution in [1.82, 2.24) is 0 Å². The van der Waals surface area contributed by atoms with Crippen molar-refractivity contribution in [2.45, 2.75) is 20.3 Å². The molecule has 0 bridgehead atoms. The van der Waals surface area contributed by atoms with Crippen molar-refractivity contribution >= 4 is 16.7 Å². The molecule has 0 atom stereocenters. The molecular weight excluding hydrogens is 209 g/mol. The number of fused-ring (bicyclic) bond motifs is 1. The summed E-state index contributed by atoms with van der Waals surface area (Å²) in [5.41, 5.74) is 1.86. The van der Waals surface area contributed by atoms with Crippen molar-refractivity contribution < 1.29 is 14.0 Å². The summed E-state index contributed by atoms with van der Waals surface area (Å²) in [7, 11) is 0. The van der Waals surface area contributed by atoms with Gasteiger partial charge in [0.2, 0.25) is 0 Å². The number of hydrogen-bond acceptors (Lipinski definition) is 3. The third-order valence-corrected chi connectivity index (χ3v) is 2.62. The minimum absolute atomic E-state index is 0.304. The van der Waals surface area contributed by atoms with Crippen molar-refractivity contribution in [3.05, 3.63) is 35.3 Å². The van der Waals surface area contributed by atoms with E-state index in [4.69, 9.17) is 9.62 Å². The molecule has 1 aromatic heterocycles. The SMILES string of the molecule is CCC(=NO)c1oc2ccc(F)cc2c1C. The molecule has 1 aromatic carbocycles. The fourth-order valence-electron chi connectivity index (χ4n) is 1.75. The van der Waals surface area contributed by atoms with Crippen molar-refractivity contribution in [3.63, 3.8) is 0 Å². The van der Waals surface area contributed by atoms with E-state index in [2.05, 4.69) is 5.16 Å². The first-order chi connectivity index (χ1) is 7.67. The van der Waals surface area contributed by atoms with E-state index >= 15 is 0 Å². The Hall–Kier alpha value is -1.84. The highest BCUT2D eigenvalue weighted by atomic mass is 19.1. The molecule has 0 aliphatic carbocycles. The van der Waals surface area contributed by atoms with Crippen LogP contribution in [0.1, 0.15) is 24.7 Å². The molecule has 1 N–H and O–H groups in total. The van der Waals surface area contributed by atoms with Crippen LogP contribution in [0.2, 0.25) is 0 Å². The highest BCUT2D eigenvalue weighted by Crippen LogP contribution is 2.26. The molecule has 0 saturated heterocycles. The van der Waals surface area contributed by atoms with Gasteiger partial charge in [-0.15, -0.1) is 0 Å². The van der Waals surface area contributed by atoms with Gasteiger partial charge in [-0.1, -0.05) is 12.1 Å². The summed E-state index contributed by atoms with van der Waals surface area (Å²) in [5, 5.41) is 12.7. The Morgan fingerprint density at radius 2 is 2.25 bits per heavy atom. The van der Waals surface area contributed by atoms with Gasteiger partial charge in [-0.2, -0.15) is 0 Å². The summed E-state index contributed by atoms with van der Waals surface area (Å²) >= 11 is 0. The molecule has 0 aliphatic rings. The van der Waals surface area contributed by atoms with Gasteiger partial charge in [0.25, 0.3) is 0 Å². The van der Waals surface area contributed by atoms with Crippen LogP contribution in [-0.2, 0) is 0 Å². The van der Waals surface area contributed by atoms with Gasteiger partial charge in [0, 0.05) is 10.9 Å². The van der Waals surface area contributed by atoms with E-state index in [9.17, 15) is 4.39 Å². The summed E-state index contributed by atoms with van der Waals surface area (Å²) in [6.07, 6.45) is 0.555. The summed E-state index contributed by atoms with van der Waals surface area (Å²) in [6.45, 7) is 3.68. The monoisotopic (exact) mass is 221 g/mol. The summed E-state index contributed by atoms with van der Waals surface area (Å²) in [4.78, 5) is 0. The average Bonchev–Trinajstić information content (AvgIpc) is 2.59. The highest BCUT2D eigenvalue weighted by molar-refractivity contribution is 6.03. The van der Waals surface area contributed by atoms with E-state index in [1.807, 2.05) is 13.8 Å². The fraction of sp³-hybridized carbons (Fsp3) is 0.250. The quantitative estimate of drug-likeness (QED) is 0.479. The van der Waals surface area contributed by atoms with E-state index in [-0.39, 0.29) is 5.82 Å². The van der Waals surface area contributed by atoms with Gasteiger partial charge < -0.3 is 9.62 Å². The van der Waals surface area contributed by atoms with Gasteiger partial charge in [-0.3, -0.25) is 0 Å². The van der Waals surface area contributed by atoms with Crippen LogP contribution in [0, 0.1) is 12.7 Å². The Bertz CT molecular complexity index is 557. The Labute approximate surface area is 92.2 Å². The first kappa shape index (κ1) is 10.7. The topological polar surface area (TPSA) is 45.7 Å². The predicted octanol–water partition coefficient (Wildman–Crippen LogP) is 3.47. The lowest BCUT2D eigenvalue weighted by Crippen LogP contribution is -1.98. The second kappa shape index (κ2) is 3.96. The second-order valence-electron chi connectivity index (χ2n) is 3.60. The number of oxime groups is 1. The van der Waals surface area contributed by atoms with Gasteiger partial charge in [0.1, 0.15) is 17.1 Å². The van der Waals surface area contributed by atoms with Crippen molar-refractivity contribution in [2.75, 3.05) is 0 Å². The van der Waals surface area contributed by atoms with E-state index in [1.165, 1.54) is 12.1 Å². The fourth-order valence-corrected chi connectivity index (χ4v) is 1.75. The molecule has 1 heterocycles. The van der Waals surface area contributed by atoms with Gasteiger partial charge in [0.05, 0.1) is 0 Å². The molecule has 84 valence electrons. The lowest BCUT2D eigenvalue weighted by atomic mass is 10.1.